The van der Waals surface area contributed by atoms with Gasteiger partial charge >= 0.3 is 0 Å². The van der Waals surface area contributed by atoms with Gasteiger partial charge in [0.15, 0.2) is 0 Å². The number of aliphatic hydroxyl groups is 2. The molecule has 10 N–H and O–H groups in total. The van der Waals surface area contributed by atoms with Crippen molar-refractivity contribution in [1.29, 1.82) is 10.7 Å². The highest BCUT2D eigenvalue weighted by molar-refractivity contribution is 5.99. The molecule has 0 aromatic heterocycles. The van der Waals surface area contributed by atoms with Crippen LogP contribution in [0.1, 0.15) is 18.1 Å². The molecule has 0 amide bonds. The van der Waals surface area contributed by atoms with Crippen molar-refractivity contribution in [3.8, 4) is 6.07 Å². The van der Waals surface area contributed by atoms with E-state index in [0.29, 0.717) is 11.1 Å². The SMILES string of the molecule is CCO.N#Cc1ccc(F)c(N)c1.N=C(CO)c1ccc(F)c(N)c1.NO. The van der Waals surface area contributed by atoms with Crippen molar-refractivity contribution in [2.24, 2.45) is 5.90 Å². The minimum Gasteiger partial charge on any atom is -0.397 e. The molecule has 0 unspecified atom stereocenters. The lowest BCUT2D eigenvalue weighted by Crippen LogP contribution is -2.05. The van der Waals surface area contributed by atoms with E-state index in [0.717, 1.165) is 0 Å². The van der Waals surface area contributed by atoms with E-state index in [4.69, 9.17) is 37.6 Å². The van der Waals surface area contributed by atoms with Crippen molar-refractivity contribution >= 4 is 17.1 Å². The van der Waals surface area contributed by atoms with Crippen molar-refractivity contribution < 1.29 is 24.2 Å². The maximum atomic E-state index is 12.6. The summed E-state index contributed by atoms with van der Waals surface area (Å²) in [6.45, 7) is 1.56. The zero-order valence-electron chi connectivity index (χ0n) is 14.7. The third-order valence-electron chi connectivity index (χ3n) is 2.63. The van der Waals surface area contributed by atoms with E-state index in [2.05, 4.69) is 5.90 Å². The van der Waals surface area contributed by atoms with Crippen molar-refractivity contribution in [3.63, 3.8) is 0 Å². The Labute approximate surface area is 155 Å². The molecule has 10 heteroatoms. The van der Waals surface area contributed by atoms with Crippen LogP contribution in [0.5, 0.6) is 0 Å². The van der Waals surface area contributed by atoms with E-state index < -0.39 is 11.6 Å². The smallest absolute Gasteiger partial charge is 0.146 e. The second kappa shape index (κ2) is 15.2. The molecule has 2 aromatic rings. The van der Waals surface area contributed by atoms with Crippen molar-refractivity contribution in [2.45, 2.75) is 6.92 Å². The molecule has 0 heterocycles. The summed E-state index contributed by atoms with van der Waals surface area (Å²) in [4.78, 5) is 0. The van der Waals surface area contributed by atoms with Crippen LogP contribution in [0.25, 0.3) is 0 Å². The molecule has 0 aliphatic carbocycles. The van der Waals surface area contributed by atoms with E-state index in [9.17, 15) is 8.78 Å². The van der Waals surface area contributed by atoms with Crippen LogP contribution in [-0.2, 0) is 0 Å². The van der Waals surface area contributed by atoms with Crippen LogP contribution in [0, 0.1) is 28.4 Å². The van der Waals surface area contributed by atoms with Crippen molar-refractivity contribution in [1.82, 2.24) is 0 Å². The fourth-order valence-corrected chi connectivity index (χ4v) is 1.44. The quantitative estimate of drug-likeness (QED) is 0.232. The summed E-state index contributed by atoms with van der Waals surface area (Å²) in [6, 6.07) is 9.61. The topological polar surface area (TPSA) is 186 Å². The van der Waals surface area contributed by atoms with Crippen LogP contribution < -0.4 is 17.4 Å². The van der Waals surface area contributed by atoms with Gasteiger partial charge in [0.05, 0.1) is 35.3 Å². The summed E-state index contributed by atoms with van der Waals surface area (Å²) < 4.78 is 25.0. The van der Waals surface area contributed by atoms with Crippen LogP contribution in [0.4, 0.5) is 20.2 Å². The zero-order chi connectivity index (χ0) is 21.4. The molecule has 0 aliphatic rings. The summed E-state index contributed by atoms with van der Waals surface area (Å²) in [7, 11) is 0. The number of rotatable bonds is 2. The van der Waals surface area contributed by atoms with Crippen LogP contribution in [0.3, 0.4) is 0 Å². The molecular formula is C17H23F2N5O3. The second-order valence-corrected chi connectivity index (χ2v) is 4.54. The second-order valence-electron chi connectivity index (χ2n) is 4.54. The number of benzene rings is 2. The Kier molecular flexibility index (Phi) is 14.7. The molecule has 0 bridgehead atoms. The van der Waals surface area contributed by atoms with Gasteiger partial charge in [0.2, 0.25) is 0 Å². The van der Waals surface area contributed by atoms with Crippen molar-refractivity contribution in [2.75, 3.05) is 24.7 Å². The molecule has 0 aliphatic heterocycles. The van der Waals surface area contributed by atoms with Gasteiger partial charge in [-0.2, -0.15) is 5.26 Å². The first-order chi connectivity index (χ1) is 12.8. The molecule has 0 radical (unpaired) electrons. The molecule has 0 saturated carbocycles. The van der Waals surface area contributed by atoms with Gasteiger partial charge in [0.1, 0.15) is 11.6 Å². The number of nitrogens with one attached hydrogen (secondary N) is 1. The molecule has 148 valence electrons. The predicted molar refractivity (Wildman–Crippen MR) is 99.0 cm³/mol. The number of aliphatic hydroxyl groups excluding tert-OH is 2. The third kappa shape index (κ3) is 10.5. The minimum atomic E-state index is -0.510. The lowest BCUT2D eigenvalue weighted by Gasteiger charge is -2.01. The summed E-state index contributed by atoms with van der Waals surface area (Å²) >= 11 is 0. The van der Waals surface area contributed by atoms with Gasteiger partial charge in [0, 0.05) is 6.61 Å². The Morgan fingerprint density at radius 2 is 1.48 bits per heavy atom. The molecule has 0 spiro atoms. The molecule has 8 nitrogen and oxygen atoms in total. The first-order valence-electron chi connectivity index (χ1n) is 7.36. The van der Waals surface area contributed by atoms with Crippen LogP contribution in [-0.4, -0.2) is 34.3 Å². The number of nitrogens with zero attached hydrogens (tertiary/aromatic N) is 1. The lowest BCUT2D eigenvalue weighted by atomic mass is 10.1. The molecular weight excluding hydrogens is 360 g/mol. The Bertz CT molecular complexity index is 752. The average molecular weight is 383 g/mol. The Hall–Kier alpha value is -3.10. The molecule has 0 atom stereocenters. The molecule has 27 heavy (non-hydrogen) atoms. The molecule has 2 aromatic carbocycles. The van der Waals surface area contributed by atoms with E-state index in [-0.39, 0.29) is 30.3 Å². The number of nitrogens with two attached hydrogens (primary N) is 3. The fraction of sp³-hybridized carbons (Fsp3) is 0.176. The largest absolute Gasteiger partial charge is 0.397 e. The normalized spacial score (nSPS) is 8.52. The highest BCUT2D eigenvalue weighted by Crippen LogP contribution is 2.12. The molecule has 2 rings (SSSR count). The third-order valence-corrected chi connectivity index (χ3v) is 2.63. The summed E-state index contributed by atoms with van der Waals surface area (Å²) in [6.07, 6.45) is 0. The lowest BCUT2D eigenvalue weighted by molar-refractivity contribution is 0.311. The van der Waals surface area contributed by atoms with Gasteiger partial charge in [-0.05, 0) is 42.8 Å². The Morgan fingerprint density at radius 3 is 1.85 bits per heavy atom. The van der Waals surface area contributed by atoms with Gasteiger partial charge < -0.3 is 32.3 Å². The fourth-order valence-electron chi connectivity index (χ4n) is 1.44. The average Bonchev–Trinajstić information content (AvgIpc) is 2.68. The van der Waals surface area contributed by atoms with Crippen LogP contribution >= 0.6 is 0 Å². The maximum Gasteiger partial charge on any atom is 0.146 e. The first-order valence-corrected chi connectivity index (χ1v) is 7.36. The highest BCUT2D eigenvalue weighted by atomic mass is 19.1. The Morgan fingerprint density at radius 1 is 1.04 bits per heavy atom. The zero-order valence-corrected chi connectivity index (χ0v) is 14.7. The standard InChI is InChI=1S/C8H9FN2O.C7H5FN2.C2H6O.H3NO/c9-6-2-1-5(3-7(6)10)8(11)4-12;8-6-2-1-5(4-9)3-7(6)10;1-2-3;1-2/h1-3,11-12H,4,10H2;1-3H,10H2;3H,2H2,1H3;2H,1H2. The number of hydrogen-bond donors (Lipinski definition) is 7. The predicted octanol–water partition coefficient (Wildman–Crippen LogP) is 1.38. The summed E-state index contributed by atoms with van der Waals surface area (Å²) in [5.74, 6) is 2.50. The number of hydrogen-bond acceptors (Lipinski definition) is 8. The van der Waals surface area contributed by atoms with Crippen LogP contribution in [0.2, 0.25) is 0 Å². The summed E-state index contributed by atoms with van der Waals surface area (Å²) in [5, 5.41) is 38.2. The monoisotopic (exact) mass is 383 g/mol. The number of nitriles is 1. The molecule has 0 fully saturated rings. The minimum absolute atomic E-state index is 0.00861. The van der Waals surface area contributed by atoms with Crippen molar-refractivity contribution in [3.05, 3.63) is 59.2 Å². The van der Waals surface area contributed by atoms with E-state index in [1.807, 2.05) is 6.07 Å². The maximum absolute atomic E-state index is 12.6. The van der Waals surface area contributed by atoms with E-state index in [1.54, 1.807) is 6.92 Å². The number of halogens is 2. The number of anilines is 2. The van der Waals surface area contributed by atoms with Gasteiger partial charge in [-0.25, -0.2) is 14.7 Å². The van der Waals surface area contributed by atoms with E-state index >= 15 is 0 Å². The van der Waals surface area contributed by atoms with Gasteiger partial charge in [-0.15, -0.1) is 0 Å². The number of nitrogen functional groups attached to an aromatic ring is 2. The summed E-state index contributed by atoms with van der Waals surface area (Å²) in [5.41, 5.74) is 11.3. The molecule has 0 saturated heterocycles. The van der Waals surface area contributed by atoms with Crippen LogP contribution in [0.15, 0.2) is 36.4 Å². The van der Waals surface area contributed by atoms with Gasteiger partial charge in [-0.1, -0.05) is 6.07 Å². The van der Waals surface area contributed by atoms with Gasteiger partial charge in [-0.3, -0.25) is 0 Å². The van der Waals surface area contributed by atoms with Gasteiger partial charge in [0.25, 0.3) is 0 Å². The first kappa shape index (κ1) is 26.1. The Balaban J connectivity index is 0. The van der Waals surface area contributed by atoms with E-state index in [1.165, 1.54) is 36.4 Å². The highest BCUT2D eigenvalue weighted by Gasteiger charge is 2.03.